The van der Waals surface area contributed by atoms with Crippen LogP contribution >= 0.6 is 0 Å². The van der Waals surface area contributed by atoms with E-state index in [1.807, 2.05) is 6.92 Å². The van der Waals surface area contributed by atoms with Gasteiger partial charge in [0, 0.05) is 6.54 Å². The van der Waals surface area contributed by atoms with Crippen LogP contribution in [-0.2, 0) is 6.18 Å². The fourth-order valence-electron chi connectivity index (χ4n) is 1.21. The van der Waals surface area contributed by atoms with E-state index in [0.717, 1.165) is 6.42 Å². The summed E-state index contributed by atoms with van der Waals surface area (Å²) >= 11 is 0. The highest BCUT2D eigenvalue weighted by Crippen LogP contribution is 2.28. The van der Waals surface area contributed by atoms with Gasteiger partial charge in [-0.2, -0.15) is 18.2 Å². The summed E-state index contributed by atoms with van der Waals surface area (Å²) in [5.74, 6) is -1.57. The average molecular weight is 223 g/mol. The Morgan fingerprint density at radius 3 is 2.53 bits per heavy atom. The molecule has 0 fully saturated rings. The van der Waals surface area contributed by atoms with Gasteiger partial charge in [-0.05, 0) is 6.42 Å². The van der Waals surface area contributed by atoms with E-state index in [9.17, 15) is 13.2 Å². The molecule has 0 aliphatic heterocycles. The number of alkyl halides is 3. The van der Waals surface area contributed by atoms with Crippen molar-refractivity contribution in [3.05, 3.63) is 11.7 Å². The average Bonchev–Trinajstić information content (AvgIpc) is 2.62. The number of hydrogen-bond acceptors (Lipinski definition) is 4. The zero-order valence-corrected chi connectivity index (χ0v) is 8.21. The molecule has 0 bridgehead atoms. The lowest BCUT2D eigenvalue weighted by molar-refractivity contribution is -0.146. The SMILES string of the molecule is CCCC(CN)c1nc(C(F)(F)F)no1. The maximum atomic E-state index is 12.1. The molecule has 2 N–H and O–H groups in total. The molecule has 15 heavy (non-hydrogen) atoms. The Morgan fingerprint density at radius 2 is 2.13 bits per heavy atom. The third kappa shape index (κ3) is 2.92. The molecule has 0 spiro atoms. The Bertz CT molecular complexity index is 310. The summed E-state index contributed by atoms with van der Waals surface area (Å²) in [7, 11) is 0. The van der Waals surface area contributed by atoms with Gasteiger partial charge in [-0.25, -0.2) is 0 Å². The standard InChI is InChI=1S/C8H12F3N3O/c1-2-3-5(4-12)6-13-7(14-15-6)8(9,10)11/h5H,2-4,12H2,1H3. The molecular formula is C8H12F3N3O. The second kappa shape index (κ2) is 4.61. The van der Waals surface area contributed by atoms with Crippen LogP contribution in [-0.4, -0.2) is 16.7 Å². The van der Waals surface area contributed by atoms with Crippen molar-refractivity contribution in [1.82, 2.24) is 10.1 Å². The van der Waals surface area contributed by atoms with Crippen LogP contribution in [0, 0.1) is 0 Å². The predicted octanol–water partition coefficient (Wildman–Crippen LogP) is 1.93. The van der Waals surface area contributed by atoms with Crippen molar-refractivity contribution in [1.29, 1.82) is 0 Å². The first-order valence-corrected chi connectivity index (χ1v) is 4.59. The first-order valence-electron chi connectivity index (χ1n) is 4.59. The minimum absolute atomic E-state index is 0.0355. The topological polar surface area (TPSA) is 64.9 Å². The van der Waals surface area contributed by atoms with Crippen molar-refractivity contribution in [3.63, 3.8) is 0 Å². The quantitative estimate of drug-likeness (QED) is 0.846. The Balaban J connectivity index is 2.82. The summed E-state index contributed by atoms with van der Waals surface area (Å²) in [6.07, 6.45) is -3.13. The summed E-state index contributed by atoms with van der Waals surface area (Å²) in [6.45, 7) is 2.11. The molecule has 0 saturated carbocycles. The van der Waals surface area contributed by atoms with E-state index in [2.05, 4.69) is 14.7 Å². The maximum Gasteiger partial charge on any atom is 0.455 e. The van der Waals surface area contributed by atoms with Gasteiger partial charge >= 0.3 is 6.18 Å². The van der Waals surface area contributed by atoms with Crippen LogP contribution in [0.15, 0.2) is 4.52 Å². The Morgan fingerprint density at radius 1 is 1.47 bits per heavy atom. The molecule has 4 nitrogen and oxygen atoms in total. The molecule has 0 saturated heterocycles. The molecule has 1 aromatic rings. The summed E-state index contributed by atoms with van der Waals surface area (Å²) in [6, 6.07) is 0. The van der Waals surface area contributed by atoms with Crippen LogP contribution in [0.3, 0.4) is 0 Å². The van der Waals surface area contributed by atoms with Crippen molar-refractivity contribution in [2.45, 2.75) is 31.9 Å². The van der Waals surface area contributed by atoms with Crippen LogP contribution in [0.1, 0.15) is 37.4 Å². The summed E-state index contributed by atoms with van der Waals surface area (Å²) in [4.78, 5) is 3.29. The second-order valence-electron chi connectivity index (χ2n) is 3.18. The van der Waals surface area contributed by atoms with E-state index < -0.39 is 12.0 Å². The van der Waals surface area contributed by atoms with E-state index in [0.29, 0.717) is 6.42 Å². The van der Waals surface area contributed by atoms with Crippen LogP contribution in [0.5, 0.6) is 0 Å². The van der Waals surface area contributed by atoms with E-state index in [4.69, 9.17) is 5.73 Å². The third-order valence-electron chi connectivity index (χ3n) is 1.97. The summed E-state index contributed by atoms with van der Waals surface area (Å²) in [5.41, 5.74) is 5.40. The summed E-state index contributed by atoms with van der Waals surface area (Å²) in [5, 5.41) is 2.87. The highest BCUT2D eigenvalue weighted by atomic mass is 19.4. The molecule has 1 heterocycles. The number of nitrogens with two attached hydrogens (primary N) is 1. The normalized spacial score (nSPS) is 14.2. The number of rotatable bonds is 4. The zero-order valence-electron chi connectivity index (χ0n) is 8.21. The molecule has 0 radical (unpaired) electrons. The minimum Gasteiger partial charge on any atom is -0.339 e. The van der Waals surface area contributed by atoms with E-state index in [-0.39, 0.29) is 18.4 Å². The molecule has 1 unspecified atom stereocenters. The van der Waals surface area contributed by atoms with Crippen molar-refractivity contribution in [2.75, 3.05) is 6.54 Å². The second-order valence-corrected chi connectivity index (χ2v) is 3.18. The maximum absolute atomic E-state index is 12.1. The lowest BCUT2D eigenvalue weighted by Gasteiger charge is -2.06. The van der Waals surface area contributed by atoms with Crippen LogP contribution in [0.4, 0.5) is 13.2 Å². The monoisotopic (exact) mass is 223 g/mol. The highest BCUT2D eigenvalue weighted by molar-refractivity contribution is 4.97. The molecule has 1 rings (SSSR count). The highest BCUT2D eigenvalue weighted by Gasteiger charge is 2.37. The largest absolute Gasteiger partial charge is 0.455 e. The molecule has 0 amide bonds. The van der Waals surface area contributed by atoms with Gasteiger partial charge in [0.25, 0.3) is 5.82 Å². The van der Waals surface area contributed by atoms with Crippen LogP contribution in [0.2, 0.25) is 0 Å². The van der Waals surface area contributed by atoms with Gasteiger partial charge in [0.2, 0.25) is 5.89 Å². The first-order chi connectivity index (χ1) is 6.99. The van der Waals surface area contributed by atoms with Gasteiger partial charge in [0.05, 0.1) is 5.92 Å². The first kappa shape index (κ1) is 12.0. The number of halogens is 3. The molecule has 0 aliphatic carbocycles. The molecule has 1 aromatic heterocycles. The van der Waals surface area contributed by atoms with Gasteiger partial charge in [-0.15, -0.1) is 0 Å². The molecule has 1 atom stereocenters. The Labute approximate surface area is 84.6 Å². The van der Waals surface area contributed by atoms with Gasteiger partial charge in [-0.3, -0.25) is 0 Å². The summed E-state index contributed by atoms with van der Waals surface area (Å²) < 4.78 is 41.0. The van der Waals surface area contributed by atoms with Crippen molar-refractivity contribution >= 4 is 0 Å². The van der Waals surface area contributed by atoms with Gasteiger partial charge < -0.3 is 10.3 Å². The lowest BCUT2D eigenvalue weighted by Crippen LogP contribution is -2.13. The van der Waals surface area contributed by atoms with Crippen LogP contribution in [0.25, 0.3) is 0 Å². The van der Waals surface area contributed by atoms with E-state index >= 15 is 0 Å². The van der Waals surface area contributed by atoms with Crippen molar-refractivity contribution in [2.24, 2.45) is 5.73 Å². The molecule has 7 heteroatoms. The minimum atomic E-state index is -4.56. The zero-order chi connectivity index (χ0) is 11.5. The molecule has 86 valence electrons. The number of nitrogens with zero attached hydrogens (tertiary/aromatic N) is 2. The number of aromatic nitrogens is 2. The van der Waals surface area contributed by atoms with Crippen LogP contribution < -0.4 is 5.73 Å². The fourth-order valence-corrected chi connectivity index (χ4v) is 1.21. The number of hydrogen-bond donors (Lipinski definition) is 1. The molecular weight excluding hydrogens is 211 g/mol. The Hall–Kier alpha value is -1.11. The van der Waals surface area contributed by atoms with Crippen molar-refractivity contribution < 1.29 is 17.7 Å². The van der Waals surface area contributed by atoms with Crippen molar-refractivity contribution in [3.8, 4) is 0 Å². The lowest BCUT2D eigenvalue weighted by atomic mass is 10.0. The van der Waals surface area contributed by atoms with Gasteiger partial charge in [-0.1, -0.05) is 18.5 Å². The smallest absolute Gasteiger partial charge is 0.339 e. The van der Waals surface area contributed by atoms with E-state index in [1.54, 1.807) is 0 Å². The van der Waals surface area contributed by atoms with Gasteiger partial charge in [0.15, 0.2) is 0 Å². The molecule has 0 aromatic carbocycles. The van der Waals surface area contributed by atoms with E-state index in [1.165, 1.54) is 0 Å². The third-order valence-corrected chi connectivity index (χ3v) is 1.97. The Kier molecular flexibility index (Phi) is 3.67. The molecule has 0 aliphatic rings. The predicted molar refractivity (Wildman–Crippen MR) is 46.0 cm³/mol. The fraction of sp³-hybridized carbons (Fsp3) is 0.750. The van der Waals surface area contributed by atoms with Gasteiger partial charge in [0.1, 0.15) is 0 Å².